The van der Waals surface area contributed by atoms with Crippen LogP contribution in [0.4, 0.5) is 5.69 Å². The van der Waals surface area contributed by atoms with E-state index in [9.17, 15) is 13.2 Å². The maximum atomic E-state index is 12.3. The molecule has 3 N–H and O–H groups in total. The van der Waals surface area contributed by atoms with E-state index in [0.29, 0.717) is 18.7 Å². The number of sulfonamides is 1. The standard InChI is InChI=1S/C17H22N4O3S/c1-13-5-6-16(14(2)10-13)25(23,24)21-12-17(22)20-9-8-19-15-4-3-7-18-11-15/h3-7,10-11,19,21H,8-9,12H2,1-2H3,(H,20,22). The lowest BCUT2D eigenvalue weighted by Crippen LogP contribution is -2.38. The van der Waals surface area contributed by atoms with Gasteiger partial charge in [0.15, 0.2) is 0 Å². The molecule has 25 heavy (non-hydrogen) atoms. The van der Waals surface area contributed by atoms with Crippen LogP contribution in [-0.4, -0.2) is 38.9 Å². The molecule has 7 nitrogen and oxygen atoms in total. The molecule has 2 aromatic rings. The fraction of sp³-hybridized carbons (Fsp3) is 0.294. The summed E-state index contributed by atoms with van der Waals surface area (Å²) in [5, 5.41) is 5.75. The minimum Gasteiger partial charge on any atom is -0.382 e. The summed E-state index contributed by atoms with van der Waals surface area (Å²) in [7, 11) is -3.71. The minimum atomic E-state index is -3.71. The third-order valence-corrected chi connectivity index (χ3v) is 5.04. The molecule has 0 aliphatic carbocycles. The smallest absolute Gasteiger partial charge is 0.241 e. The normalized spacial score (nSPS) is 11.1. The van der Waals surface area contributed by atoms with Crippen molar-refractivity contribution < 1.29 is 13.2 Å². The summed E-state index contributed by atoms with van der Waals surface area (Å²) >= 11 is 0. The van der Waals surface area contributed by atoms with E-state index < -0.39 is 10.0 Å². The van der Waals surface area contributed by atoms with Gasteiger partial charge >= 0.3 is 0 Å². The van der Waals surface area contributed by atoms with Gasteiger partial charge in [0.1, 0.15) is 0 Å². The summed E-state index contributed by atoms with van der Waals surface area (Å²) in [6.45, 7) is 4.21. The van der Waals surface area contributed by atoms with Crippen molar-refractivity contribution in [2.45, 2.75) is 18.7 Å². The zero-order valence-electron chi connectivity index (χ0n) is 14.2. The van der Waals surface area contributed by atoms with Crippen molar-refractivity contribution in [1.29, 1.82) is 0 Å². The van der Waals surface area contributed by atoms with Gasteiger partial charge in [-0.1, -0.05) is 17.7 Å². The van der Waals surface area contributed by atoms with E-state index in [1.807, 2.05) is 19.1 Å². The highest BCUT2D eigenvalue weighted by Crippen LogP contribution is 2.15. The number of pyridine rings is 1. The second-order valence-corrected chi connectivity index (χ2v) is 7.35. The molecular formula is C17H22N4O3S. The minimum absolute atomic E-state index is 0.184. The summed E-state index contributed by atoms with van der Waals surface area (Å²) in [6, 6.07) is 8.74. The number of aryl methyl sites for hydroxylation is 2. The second-order valence-electron chi connectivity index (χ2n) is 5.61. The van der Waals surface area contributed by atoms with Crippen LogP contribution in [0, 0.1) is 13.8 Å². The predicted octanol–water partition coefficient (Wildman–Crippen LogP) is 1.21. The summed E-state index contributed by atoms with van der Waals surface area (Å²) in [4.78, 5) is 15.9. The highest BCUT2D eigenvalue weighted by atomic mass is 32.2. The summed E-state index contributed by atoms with van der Waals surface area (Å²) in [5.41, 5.74) is 2.48. The van der Waals surface area contributed by atoms with E-state index in [4.69, 9.17) is 0 Å². The van der Waals surface area contributed by atoms with Gasteiger partial charge < -0.3 is 10.6 Å². The average Bonchev–Trinajstić information content (AvgIpc) is 2.57. The monoisotopic (exact) mass is 362 g/mol. The fourth-order valence-electron chi connectivity index (χ4n) is 2.28. The Morgan fingerprint density at radius 3 is 2.64 bits per heavy atom. The molecule has 8 heteroatoms. The Morgan fingerprint density at radius 2 is 1.96 bits per heavy atom. The van der Waals surface area contributed by atoms with E-state index in [2.05, 4.69) is 20.3 Å². The predicted molar refractivity (Wildman–Crippen MR) is 96.8 cm³/mol. The van der Waals surface area contributed by atoms with Crippen molar-refractivity contribution in [3.05, 3.63) is 53.9 Å². The fourth-order valence-corrected chi connectivity index (χ4v) is 3.48. The first-order valence-electron chi connectivity index (χ1n) is 7.86. The third kappa shape index (κ3) is 5.84. The van der Waals surface area contributed by atoms with Gasteiger partial charge in [0.05, 0.1) is 17.1 Å². The molecule has 0 saturated carbocycles. The maximum Gasteiger partial charge on any atom is 0.241 e. The van der Waals surface area contributed by atoms with Gasteiger partial charge in [-0.2, -0.15) is 0 Å². The largest absolute Gasteiger partial charge is 0.382 e. The molecule has 0 atom stereocenters. The molecule has 1 heterocycles. The topological polar surface area (TPSA) is 100 Å². The first-order chi connectivity index (χ1) is 11.9. The zero-order chi connectivity index (χ0) is 18.3. The number of carbonyl (C=O) groups excluding carboxylic acids is 1. The Hall–Kier alpha value is -2.45. The molecule has 134 valence electrons. The van der Waals surface area contributed by atoms with Gasteiger partial charge in [-0.05, 0) is 37.6 Å². The van der Waals surface area contributed by atoms with Crippen LogP contribution < -0.4 is 15.4 Å². The molecule has 0 aliphatic heterocycles. The lowest BCUT2D eigenvalue weighted by atomic mass is 10.2. The van der Waals surface area contributed by atoms with Crippen LogP contribution in [0.15, 0.2) is 47.6 Å². The van der Waals surface area contributed by atoms with E-state index in [0.717, 1.165) is 11.3 Å². The van der Waals surface area contributed by atoms with Crippen LogP contribution in [0.25, 0.3) is 0 Å². The number of benzene rings is 1. The Morgan fingerprint density at radius 1 is 1.16 bits per heavy atom. The number of hydrogen-bond acceptors (Lipinski definition) is 5. The van der Waals surface area contributed by atoms with Crippen LogP contribution in [0.5, 0.6) is 0 Å². The average molecular weight is 362 g/mol. The molecule has 1 amide bonds. The molecule has 0 unspecified atom stereocenters. The van der Waals surface area contributed by atoms with Crippen LogP contribution in [0.2, 0.25) is 0 Å². The van der Waals surface area contributed by atoms with E-state index in [1.54, 1.807) is 37.5 Å². The van der Waals surface area contributed by atoms with Crippen LogP contribution in [0.1, 0.15) is 11.1 Å². The van der Waals surface area contributed by atoms with Crippen molar-refractivity contribution in [2.24, 2.45) is 0 Å². The Balaban J connectivity index is 1.77. The molecule has 0 bridgehead atoms. The number of rotatable bonds is 8. The zero-order valence-corrected chi connectivity index (χ0v) is 15.1. The molecule has 1 aromatic heterocycles. The van der Waals surface area contributed by atoms with E-state index in [1.165, 1.54) is 0 Å². The lowest BCUT2D eigenvalue weighted by molar-refractivity contribution is -0.119. The molecule has 0 spiro atoms. The van der Waals surface area contributed by atoms with Crippen molar-refractivity contribution in [3.63, 3.8) is 0 Å². The van der Waals surface area contributed by atoms with Crippen LogP contribution >= 0.6 is 0 Å². The van der Waals surface area contributed by atoms with Crippen molar-refractivity contribution >= 4 is 21.6 Å². The van der Waals surface area contributed by atoms with Crippen molar-refractivity contribution in [3.8, 4) is 0 Å². The van der Waals surface area contributed by atoms with E-state index >= 15 is 0 Å². The number of amides is 1. The van der Waals surface area contributed by atoms with E-state index in [-0.39, 0.29) is 17.3 Å². The highest BCUT2D eigenvalue weighted by Gasteiger charge is 2.17. The molecular weight excluding hydrogens is 340 g/mol. The van der Waals surface area contributed by atoms with Gasteiger partial charge in [-0.3, -0.25) is 9.78 Å². The van der Waals surface area contributed by atoms with Gasteiger partial charge in [-0.25, -0.2) is 13.1 Å². The quantitative estimate of drug-likeness (QED) is 0.613. The third-order valence-electron chi connectivity index (χ3n) is 3.48. The van der Waals surface area contributed by atoms with Gasteiger partial charge in [-0.15, -0.1) is 0 Å². The number of anilines is 1. The lowest BCUT2D eigenvalue weighted by Gasteiger charge is -2.11. The maximum absolute atomic E-state index is 12.3. The Bertz CT molecular complexity index is 823. The molecule has 1 aromatic carbocycles. The highest BCUT2D eigenvalue weighted by molar-refractivity contribution is 7.89. The molecule has 2 rings (SSSR count). The van der Waals surface area contributed by atoms with Crippen LogP contribution in [-0.2, 0) is 14.8 Å². The molecule has 0 radical (unpaired) electrons. The first kappa shape index (κ1) is 18.9. The number of aromatic nitrogens is 1. The number of carbonyl (C=O) groups is 1. The molecule has 0 saturated heterocycles. The Kier molecular flexibility index (Phi) is 6.49. The molecule has 0 aliphatic rings. The number of nitrogens with one attached hydrogen (secondary N) is 3. The van der Waals surface area contributed by atoms with Gasteiger partial charge in [0.25, 0.3) is 0 Å². The SMILES string of the molecule is Cc1ccc(S(=O)(=O)NCC(=O)NCCNc2cccnc2)c(C)c1. The first-order valence-corrected chi connectivity index (χ1v) is 9.34. The summed E-state index contributed by atoms with van der Waals surface area (Å²) in [5.74, 6) is -0.388. The Labute approximate surface area is 147 Å². The van der Waals surface area contributed by atoms with Gasteiger partial charge in [0.2, 0.25) is 15.9 Å². The number of nitrogens with zero attached hydrogens (tertiary/aromatic N) is 1. The van der Waals surface area contributed by atoms with Crippen LogP contribution in [0.3, 0.4) is 0 Å². The second kappa shape index (κ2) is 8.59. The molecule has 0 fully saturated rings. The summed E-state index contributed by atoms with van der Waals surface area (Å²) in [6.07, 6.45) is 3.36. The van der Waals surface area contributed by atoms with Crippen molar-refractivity contribution in [2.75, 3.05) is 25.0 Å². The van der Waals surface area contributed by atoms with Gasteiger partial charge in [0, 0.05) is 25.5 Å². The number of hydrogen-bond donors (Lipinski definition) is 3. The summed E-state index contributed by atoms with van der Waals surface area (Å²) < 4.78 is 26.9. The van der Waals surface area contributed by atoms with Crippen molar-refractivity contribution in [1.82, 2.24) is 15.0 Å².